The fraction of sp³-hybridized carbons (Fsp3) is 0.688. The van der Waals surface area contributed by atoms with Crippen LogP contribution in [0.3, 0.4) is 0 Å². The van der Waals surface area contributed by atoms with Crippen LogP contribution in [0.2, 0.25) is 0 Å². The van der Waals surface area contributed by atoms with Crippen molar-refractivity contribution in [3.8, 4) is 0 Å². The van der Waals surface area contributed by atoms with Gasteiger partial charge in [-0.3, -0.25) is 4.79 Å². The van der Waals surface area contributed by atoms with Gasteiger partial charge >= 0.3 is 0 Å². The maximum Gasteiger partial charge on any atom is 0.225 e. The normalized spacial score (nSPS) is 26.3. The molecule has 0 unspecified atom stereocenters. The summed E-state index contributed by atoms with van der Waals surface area (Å²) in [4.78, 5) is 23.7. The topological polar surface area (TPSA) is 84.6 Å². The Morgan fingerprint density at radius 1 is 1.22 bits per heavy atom. The lowest BCUT2D eigenvalue weighted by Crippen LogP contribution is -2.54. The summed E-state index contributed by atoms with van der Waals surface area (Å²) in [5.74, 6) is 0.785. The van der Waals surface area contributed by atoms with Gasteiger partial charge in [0.05, 0.1) is 18.8 Å². The van der Waals surface area contributed by atoms with Gasteiger partial charge in [0.25, 0.3) is 0 Å². The molecular weight excluding hydrogens is 294 g/mol. The van der Waals surface area contributed by atoms with Crippen molar-refractivity contribution < 1.29 is 9.53 Å². The second kappa shape index (κ2) is 7.70. The first kappa shape index (κ1) is 16.1. The predicted octanol–water partition coefficient (Wildman–Crippen LogP) is 0.410. The molecule has 0 aromatic carbocycles. The lowest BCUT2D eigenvalue weighted by molar-refractivity contribution is -0.124. The quantitative estimate of drug-likeness (QED) is 0.791. The molecule has 2 aliphatic heterocycles. The van der Waals surface area contributed by atoms with Crippen LogP contribution in [0, 0.1) is 0 Å². The standard InChI is InChI=1S/C16H25N5O2/c17-14-3-1-8-21(12-22)15(14)11-23-13-4-9-20(10-5-13)16-18-6-2-7-19-16/h2,6-7,12-15H,1,3-5,8-11,17H2/t14-,15-/m0/s1. The van der Waals surface area contributed by atoms with E-state index in [9.17, 15) is 4.79 Å². The minimum Gasteiger partial charge on any atom is -0.376 e. The zero-order valence-electron chi connectivity index (χ0n) is 13.4. The maximum absolute atomic E-state index is 11.2. The van der Waals surface area contributed by atoms with Crippen LogP contribution in [0.4, 0.5) is 5.95 Å². The number of carbonyl (C=O) groups is 1. The lowest BCUT2D eigenvalue weighted by Gasteiger charge is -2.39. The van der Waals surface area contributed by atoms with Crippen LogP contribution in [0.1, 0.15) is 25.7 Å². The van der Waals surface area contributed by atoms with Crippen molar-refractivity contribution in [2.45, 2.75) is 43.9 Å². The summed E-state index contributed by atoms with van der Waals surface area (Å²) in [6.45, 7) is 3.10. The van der Waals surface area contributed by atoms with Crippen LogP contribution in [0.15, 0.2) is 18.5 Å². The molecule has 2 saturated heterocycles. The summed E-state index contributed by atoms with van der Waals surface area (Å²) in [7, 11) is 0. The summed E-state index contributed by atoms with van der Waals surface area (Å²) >= 11 is 0. The number of nitrogens with two attached hydrogens (primary N) is 1. The van der Waals surface area contributed by atoms with Crippen molar-refractivity contribution in [3.63, 3.8) is 0 Å². The Hall–Kier alpha value is -1.73. The number of nitrogens with zero attached hydrogens (tertiary/aromatic N) is 4. The number of hydrogen-bond acceptors (Lipinski definition) is 6. The molecule has 2 fully saturated rings. The van der Waals surface area contributed by atoms with E-state index in [4.69, 9.17) is 10.5 Å². The molecule has 2 atom stereocenters. The molecule has 23 heavy (non-hydrogen) atoms. The van der Waals surface area contributed by atoms with Gasteiger partial charge in [0.2, 0.25) is 12.4 Å². The first-order valence-electron chi connectivity index (χ1n) is 8.38. The first-order chi connectivity index (χ1) is 11.3. The third kappa shape index (κ3) is 3.97. The van der Waals surface area contributed by atoms with Gasteiger partial charge in [-0.05, 0) is 31.7 Å². The number of aromatic nitrogens is 2. The Morgan fingerprint density at radius 2 is 1.96 bits per heavy atom. The molecule has 1 aromatic rings. The second-order valence-electron chi connectivity index (χ2n) is 6.29. The van der Waals surface area contributed by atoms with E-state index in [2.05, 4.69) is 14.9 Å². The van der Waals surface area contributed by atoms with Crippen LogP contribution in [0.25, 0.3) is 0 Å². The molecule has 3 rings (SSSR count). The number of ether oxygens (including phenoxy) is 1. The van der Waals surface area contributed by atoms with Crippen molar-refractivity contribution in [2.24, 2.45) is 5.73 Å². The molecule has 1 amide bonds. The first-order valence-corrected chi connectivity index (χ1v) is 8.38. The summed E-state index contributed by atoms with van der Waals surface area (Å²) in [6, 6.07) is 1.86. The SMILES string of the molecule is N[C@H]1CCCN(C=O)[C@H]1COC1CCN(c2ncccn2)CC1. The van der Waals surface area contributed by atoms with Crippen LogP contribution < -0.4 is 10.6 Å². The molecule has 3 heterocycles. The largest absolute Gasteiger partial charge is 0.376 e. The van der Waals surface area contributed by atoms with Crippen molar-refractivity contribution >= 4 is 12.4 Å². The van der Waals surface area contributed by atoms with E-state index in [-0.39, 0.29) is 18.2 Å². The predicted molar refractivity (Wildman–Crippen MR) is 87.0 cm³/mol. The van der Waals surface area contributed by atoms with Crippen LogP contribution >= 0.6 is 0 Å². The van der Waals surface area contributed by atoms with Gasteiger partial charge in [-0.25, -0.2) is 9.97 Å². The van der Waals surface area contributed by atoms with Gasteiger partial charge in [0.15, 0.2) is 0 Å². The Morgan fingerprint density at radius 3 is 2.65 bits per heavy atom. The number of rotatable bonds is 5. The maximum atomic E-state index is 11.2. The Labute approximate surface area is 136 Å². The highest BCUT2D eigenvalue weighted by molar-refractivity contribution is 5.48. The van der Waals surface area contributed by atoms with Crippen molar-refractivity contribution in [3.05, 3.63) is 18.5 Å². The van der Waals surface area contributed by atoms with Gasteiger partial charge in [0.1, 0.15) is 0 Å². The van der Waals surface area contributed by atoms with E-state index >= 15 is 0 Å². The Bertz CT molecular complexity index is 493. The van der Waals surface area contributed by atoms with Gasteiger partial charge < -0.3 is 20.3 Å². The molecule has 126 valence electrons. The van der Waals surface area contributed by atoms with Crippen LogP contribution in [-0.4, -0.2) is 65.7 Å². The summed E-state index contributed by atoms with van der Waals surface area (Å²) in [5.41, 5.74) is 6.15. The molecule has 2 N–H and O–H groups in total. The highest BCUT2D eigenvalue weighted by Gasteiger charge is 2.30. The zero-order chi connectivity index (χ0) is 16.1. The summed E-state index contributed by atoms with van der Waals surface area (Å²) in [5, 5.41) is 0. The van der Waals surface area contributed by atoms with Gasteiger partial charge in [0, 0.05) is 38.1 Å². The van der Waals surface area contributed by atoms with Gasteiger partial charge in [-0.15, -0.1) is 0 Å². The summed E-state index contributed by atoms with van der Waals surface area (Å²) < 4.78 is 6.06. The van der Waals surface area contributed by atoms with E-state index in [0.29, 0.717) is 6.61 Å². The summed E-state index contributed by atoms with van der Waals surface area (Å²) in [6.07, 6.45) is 8.49. The van der Waals surface area contributed by atoms with Gasteiger partial charge in [-0.2, -0.15) is 0 Å². The third-order valence-corrected chi connectivity index (χ3v) is 4.79. The molecule has 7 nitrogen and oxygen atoms in total. The molecule has 0 bridgehead atoms. The molecule has 0 aliphatic carbocycles. The van der Waals surface area contributed by atoms with E-state index in [1.54, 1.807) is 17.3 Å². The van der Waals surface area contributed by atoms with Crippen molar-refractivity contribution in [1.29, 1.82) is 0 Å². The number of likely N-dealkylation sites (tertiary alicyclic amines) is 1. The van der Waals surface area contributed by atoms with Crippen LogP contribution in [0.5, 0.6) is 0 Å². The molecule has 0 radical (unpaired) electrons. The number of piperidine rings is 2. The molecule has 0 spiro atoms. The minimum absolute atomic E-state index is 0.0109. The molecular formula is C16H25N5O2. The second-order valence-corrected chi connectivity index (χ2v) is 6.29. The Balaban J connectivity index is 1.46. The van der Waals surface area contributed by atoms with Crippen LogP contribution in [-0.2, 0) is 9.53 Å². The number of anilines is 1. The fourth-order valence-corrected chi connectivity index (χ4v) is 3.38. The third-order valence-electron chi connectivity index (χ3n) is 4.79. The zero-order valence-corrected chi connectivity index (χ0v) is 13.4. The van der Waals surface area contributed by atoms with E-state index < -0.39 is 0 Å². The smallest absolute Gasteiger partial charge is 0.225 e. The van der Waals surface area contributed by atoms with E-state index in [0.717, 1.165) is 57.7 Å². The number of amides is 1. The lowest BCUT2D eigenvalue weighted by atomic mass is 9.98. The number of carbonyl (C=O) groups excluding carboxylic acids is 1. The number of hydrogen-bond donors (Lipinski definition) is 1. The Kier molecular flexibility index (Phi) is 5.40. The van der Waals surface area contributed by atoms with Crippen molar-refractivity contribution in [1.82, 2.24) is 14.9 Å². The van der Waals surface area contributed by atoms with E-state index in [1.807, 2.05) is 6.07 Å². The minimum atomic E-state index is 0.0109. The molecule has 1 aromatic heterocycles. The van der Waals surface area contributed by atoms with E-state index in [1.165, 1.54) is 0 Å². The van der Waals surface area contributed by atoms with Crippen molar-refractivity contribution in [2.75, 3.05) is 31.1 Å². The van der Waals surface area contributed by atoms with Gasteiger partial charge in [-0.1, -0.05) is 0 Å². The molecule has 2 aliphatic rings. The molecule has 7 heteroatoms. The fourth-order valence-electron chi connectivity index (χ4n) is 3.38. The highest BCUT2D eigenvalue weighted by atomic mass is 16.5. The molecule has 0 saturated carbocycles. The average molecular weight is 319 g/mol. The monoisotopic (exact) mass is 319 g/mol. The average Bonchev–Trinajstić information content (AvgIpc) is 2.61. The highest BCUT2D eigenvalue weighted by Crippen LogP contribution is 2.20.